The maximum absolute atomic E-state index is 13.6. The van der Waals surface area contributed by atoms with E-state index < -0.39 is 0 Å². The van der Waals surface area contributed by atoms with E-state index in [1.165, 1.54) is 35.7 Å². The van der Waals surface area contributed by atoms with E-state index in [0.717, 1.165) is 54.4 Å². The third kappa shape index (κ3) is 4.65. The summed E-state index contributed by atoms with van der Waals surface area (Å²) >= 11 is 0. The van der Waals surface area contributed by atoms with Crippen molar-refractivity contribution in [1.82, 2.24) is 19.0 Å². The highest BCUT2D eigenvalue weighted by molar-refractivity contribution is 6.00. The van der Waals surface area contributed by atoms with E-state index in [1.807, 2.05) is 12.1 Å². The van der Waals surface area contributed by atoms with Crippen LogP contribution in [0.4, 0.5) is 0 Å². The van der Waals surface area contributed by atoms with Crippen molar-refractivity contribution >= 4 is 33.9 Å². The normalized spacial score (nSPS) is 22.3. The molecule has 3 heterocycles. The van der Waals surface area contributed by atoms with Crippen molar-refractivity contribution in [3.8, 4) is 17.3 Å². The summed E-state index contributed by atoms with van der Waals surface area (Å²) in [5.74, 6) is 4.46. The summed E-state index contributed by atoms with van der Waals surface area (Å²) in [6.45, 7) is 8.68. The van der Waals surface area contributed by atoms with Gasteiger partial charge < -0.3 is 18.8 Å². The number of likely N-dealkylation sites (tertiary alicyclic amines) is 1. The van der Waals surface area contributed by atoms with Crippen LogP contribution in [0.5, 0.6) is 5.75 Å². The number of benzene rings is 2. The lowest BCUT2D eigenvalue weighted by Crippen LogP contribution is -2.55. The highest BCUT2D eigenvalue weighted by Crippen LogP contribution is 2.43. The molecule has 1 aliphatic heterocycles. The fraction of sp³-hybridized carbons (Fsp3) is 0.486. The van der Waals surface area contributed by atoms with Gasteiger partial charge in [0.15, 0.2) is 5.82 Å². The van der Waals surface area contributed by atoms with Gasteiger partial charge in [-0.15, -0.1) is 0 Å². The predicted molar refractivity (Wildman–Crippen MR) is 166 cm³/mol. The lowest BCUT2D eigenvalue weighted by molar-refractivity contribution is 0.0269. The number of aryl methyl sites for hydroxylation is 1. The Hall–Kier alpha value is -3.54. The molecular formula is C35H42N4O2. The van der Waals surface area contributed by atoms with Crippen LogP contribution >= 0.6 is 0 Å². The van der Waals surface area contributed by atoms with Crippen molar-refractivity contribution in [1.29, 1.82) is 0 Å². The Morgan fingerprint density at radius 1 is 1.15 bits per heavy atom. The van der Waals surface area contributed by atoms with E-state index in [2.05, 4.69) is 78.3 Å². The lowest BCUT2D eigenvalue weighted by Gasteiger charge is -2.44. The molecule has 3 fully saturated rings. The topological polar surface area (TPSA) is 52.3 Å². The minimum Gasteiger partial charge on any atom is -0.494 e. The monoisotopic (exact) mass is 550 g/mol. The maximum atomic E-state index is 13.6. The van der Waals surface area contributed by atoms with Crippen molar-refractivity contribution in [2.75, 3.05) is 13.7 Å². The van der Waals surface area contributed by atoms with Crippen molar-refractivity contribution < 1.29 is 9.53 Å². The van der Waals surface area contributed by atoms with Gasteiger partial charge >= 0.3 is 0 Å². The van der Waals surface area contributed by atoms with Crippen molar-refractivity contribution in [2.24, 2.45) is 30.7 Å². The molecule has 0 radical (unpaired) electrons. The summed E-state index contributed by atoms with van der Waals surface area (Å²) in [7, 11) is 3.75. The van der Waals surface area contributed by atoms with E-state index in [0.29, 0.717) is 35.1 Å². The Morgan fingerprint density at radius 3 is 2.71 bits per heavy atom. The van der Waals surface area contributed by atoms with Crippen LogP contribution in [-0.2, 0) is 13.6 Å². The number of allylic oxidation sites excluding steroid dienone is 1. The third-order valence-electron chi connectivity index (χ3n) is 9.60. The van der Waals surface area contributed by atoms with Gasteiger partial charge in [-0.1, -0.05) is 39.0 Å². The van der Waals surface area contributed by atoms with E-state index >= 15 is 0 Å². The molecule has 2 aliphatic carbocycles. The van der Waals surface area contributed by atoms with Gasteiger partial charge in [0.05, 0.1) is 18.3 Å². The van der Waals surface area contributed by atoms with E-state index in [-0.39, 0.29) is 5.91 Å². The molecule has 41 heavy (non-hydrogen) atoms. The Morgan fingerprint density at radius 2 is 1.98 bits per heavy atom. The smallest absolute Gasteiger partial charge is 0.254 e. The molecule has 0 N–H and O–H groups in total. The van der Waals surface area contributed by atoms with E-state index in [1.54, 1.807) is 7.11 Å². The molecular weight excluding hydrogens is 508 g/mol. The maximum Gasteiger partial charge on any atom is 0.254 e. The van der Waals surface area contributed by atoms with Gasteiger partial charge in [-0.2, -0.15) is 0 Å². The molecule has 6 heteroatoms. The quantitative estimate of drug-likeness (QED) is 0.228. The molecule has 214 valence electrons. The molecule has 1 amide bonds. The van der Waals surface area contributed by atoms with Crippen LogP contribution in [0.2, 0.25) is 0 Å². The molecule has 2 saturated carbocycles. The summed E-state index contributed by atoms with van der Waals surface area (Å²) in [6.07, 6.45) is 10.5. The first-order chi connectivity index (χ1) is 19.8. The molecule has 0 spiro atoms. The molecule has 4 aromatic rings. The van der Waals surface area contributed by atoms with Crippen LogP contribution in [0.3, 0.4) is 0 Å². The number of hydrogen-bond donors (Lipinski definition) is 0. The molecule has 0 bridgehead atoms. The minimum atomic E-state index is 0.105. The minimum absolute atomic E-state index is 0.105. The summed E-state index contributed by atoms with van der Waals surface area (Å²) in [5.41, 5.74) is 6.01. The number of aromatic nitrogens is 3. The number of amides is 1. The van der Waals surface area contributed by atoms with Crippen LogP contribution in [0, 0.1) is 23.7 Å². The highest BCUT2D eigenvalue weighted by Gasteiger charge is 2.47. The number of carbonyl (C=O) groups excluding carboxylic acids is 1. The second kappa shape index (κ2) is 10.1. The van der Waals surface area contributed by atoms with Crippen LogP contribution in [0.15, 0.2) is 42.5 Å². The summed E-state index contributed by atoms with van der Waals surface area (Å²) in [5, 5.41) is 1.24. The molecule has 3 atom stereocenters. The SMILES string of the molecule is COc1cc(C(=O)N2C[C@H]3C[C@@H](C)CC32)cc2nc(-c3cc4cc(/C=C/CC(C)C)ccc4n3CC3CC3)n(C)c12. The number of ether oxygens (including phenoxy) is 1. The molecule has 1 saturated heterocycles. The van der Waals surface area contributed by atoms with Gasteiger partial charge in [0.1, 0.15) is 11.3 Å². The average molecular weight is 551 g/mol. The van der Waals surface area contributed by atoms with Gasteiger partial charge in [0.2, 0.25) is 0 Å². The molecule has 2 aromatic heterocycles. The first kappa shape index (κ1) is 26.4. The molecule has 1 unspecified atom stereocenters. The zero-order chi connectivity index (χ0) is 28.4. The number of hydrogen-bond acceptors (Lipinski definition) is 3. The summed E-state index contributed by atoms with van der Waals surface area (Å²) in [4.78, 5) is 20.9. The predicted octanol–water partition coefficient (Wildman–Crippen LogP) is 7.54. The first-order valence-electron chi connectivity index (χ1n) is 15.5. The van der Waals surface area contributed by atoms with Gasteiger partial charge in [0.25, 0.3) is 5.91 Å². The lowest BCUT2D eigenvalue weighted by atomic mass is 9.91. The number of fused-ring (bicyclic) bond motifs is 3. The fourth-order valence-corrected chi connectivity index (χ4v) is 7.23. The largest absolute Gasteiger partial charge is 0.494 e. The van der Waals surface area contributed by atoms with Gasteiger partial charge in [-0.25, -0.2) is 4.98 Å². The second-order valence-electron chi connectivity index (χ2n) is 13.3. The Kier molecular flexibility index (Phi) is 6.48. The fourth-order valence-electron chi connectivity index (χ4n) is 7.23. The first-order valence-corrected chi connectivity index (χ1v) is 15.5. The van der Waals surface area contributed by atoms with Crippen molar-refractivity contribution in [2.45, 2.75) is 65.5 Å². The van der Waals surface area contributed by atoms with E-state index in [4.69, 9.17) is 9.72 Å². The van der Waals surface area contributed by atoms with Crippen LogP contribution in [0.25, 0.3) is 39.5 Å². The Bertz CT molecular complexity index is 1670. The summed E-state index contributed by atoms with van der Waals surface area (Å²) < 4.78 is 10.5. The molecule has 7 rings (SSSR count). The Balaban J connectivity index is 1.29. The van der Waals surface area contributed by atoms with Gasteiger partial charge in [-0.3, -0.25) is 4.79 Å². The summed E-state index contributed by atoms with van der Waals surface area (Å²) in [6, 6.07) is 13.4. The second-order valence-corrected chi connectivity index (χ2v) is 13.3. The molecule has 3 aliphatic rings. The number of methoxy groups -OCH3 is 1. The zero-order valence-corrected chi connectivity index (χ0v) is 25.1. The Labute approximate surface area is 243 Å². The van der Waals surface area contributed by atoms with Gasteiger partial charge in [0, 0.05) is 42.6 Å². The van der Waals surface area contributed by atoms with Crippen LogP contribution in [0.1, 0.15) is 68.8 Å². The van der Waals surface area contributed by atoms with E-state index in [9.17, 15) is 4.79 Å². The zero-order valence-electron chi connectivity index (χ0n) is 25.1. The van der Waals surface area contributed by atoms with Crippen LogP contribution in [-0.4, -0.2) is 44.6 Å². The van der Waals surface area contributed by atoms with Crippen molar-refractivity contribution in [3.63, 3.8) is 0 Å². The number of imidazole rings is 1. The average Bonchev–Trinajstić information content (AvgIpc) is 3.52. The number of nitrogens with zero attached hydrogens (tertiary/aromatic N) is 4. The van der Waals surface area contributed by atoms with Crippen LogP contribution < -0.4 is 4.74 Å². The standard InChI is InChI=1S/C35H42N4O2/c1-21(2)7-6-8-23-11-12-29-25(15-23)17-31(38(29)19-24-9-10-24)34-36-28-16-26(18-32(41-5)33(28)37(34)4)35(40)39-20-27-13-22(3)14-30(27)39/h6,8,11-12,15-18,21-22,24,27,30H,7,9-10,13-14,19-20H2,1-5H3/b8-6+/t22-,27-,30?/m1/s1. The van der Waals surface area contributed by atoms with Crippen molar-refractivity contribution in [3.05, 3.63) is 53.6 Å². The van der Waals surface area contributed by atoms with Gasteiger partial charge in [-0.05, 0) is 91.7 Å². The highest BCUT2D eigenvalue weighted by atomic mass is 16.5. The third-order valence-corrected chi connectivity index (χ3v) is 9.60. The molecule has 2 aromatic carbocycles. The number of carbonyl (C=O) groups is 1. The number of rotatable bonds is 8. The molecule has 6 nitrogen and oxygen atoms in total.